The van der Waals surface area contributed by atoms with E-state index in [9.17, 15) is 0 Å². The molecule has 0 saturated heterocycles. The number of halogens is 1. The number of alkyl halides is 1. The largest absolute Gasteiger partial charge is 0.192 e. The molecule has 0 aromatic heterocycles. The SMILES string of the molecule is CC(Br)/C=C/c1ccccc1C#N. The molecule has 0 aliphatic carbocycles. The van der Waals surface area contributed by atoms with Gasteiger partial charge in [0, 0.05) is 4.83 Å². The summed E-state index contributed by atoms with van der Waals surface area (Å²) in [6, 6.07) is 9.70. The minimum absolute atomic E-state index is 0.333. The summed E-state index contributed by atoms with van der Waals surface area (Å²) >= 11 is 3.41. The Balaban J connectivity index is 2.95. The van der Waals surface area contributed by atoms with Crippen LogP contribution in [0.3, 0.4) is 0 Å². The van der Waals surface area contributed by atoms with Gasteiger partial charge in [0.2, 0.25) is 0 Å². The van der Waals surface area contributed by atoms with E-state index in [1.54, 1.807) is 0 Å². The minimum Gasteiger partial charge on any atom is -0.192 e. The van der Waals surface area contributed by atoms with E-state index in [4.69, 9.17) is 5.26 Å². The standard InChI is InChI=1S/C11H10BrN/c1-9(12)6-7-10-4-2-3-5-11(10)8-13/h2-7,9H,1H3/b7-6+. The quantitative estimate of drug-likeness (QED) is 0.722. The van der Waals surface area contributed by atoms with Crippen molar-refractivity contribution in [2.75, 3.05) is 0 Å². The van der Waals surface area contributed by atoms with Crippen LogP contribution in [0.25, 0.3) is 6.08 Å². The molecular formula is C11H10BrN. The molecule has 0 amide bonds. The summed E-state index contributed by atoms with van der Waals surface area (Å²) in [7, 11) is 0. The number of benzene rings is 1. The molecule has 0 aliphatic heterocycles. The average molecular weight is 236 g/mol. The normalized spacial score (nSPS) is 12.7. The van der Waals surface area contributed by atoms with Gasteiger partial charge in [-0.2, -0.15) is 5.26 Å². The maximum Gasteiger partial charge on any atom is 0.0997 e. The number of allylic oxidation sites excluding steroid dienone is 1. The molecule has 66 valence electrons. The zero-order chi connectivity index (χ0) is 9.68. The Kier molecular flexibility index (Phi) is 3.72. The van der Waals surface area contributed by atoms with Gasteiger partial charge in [-0.25, -0.2) is 0 Å². The Morgan fingerprint density at radius 1 is 1.46 bits per heavy atom. The Labute approximate surface area is 86.8 Å². The van der Waals surface area contributed by atoms with Gasteiger partial charge in [-0.1, -0.05) is 46.3 Å². The summed E-state index contributed by atoms with van der Waals surface area (Å²) in [5, 5.41) is 8.79. The van der Waals surface area contributed by atoms with Crippen LogP contribution in [-0.4, -0.2) is 4.83 Å². The highest BCUT2D eigenvalue weighted by Crippen LogP contribution is 2.11. The fourth-order valence-electron chi connectivity index (χ4n) is 0.980. The van der Waals surface area contributed by atoms with Crippen LogP contribution in [0.4, 0.5) is 0 Å². The van der Waals surface area contributed by atoms with Crippen LogP contribution in [0.1, 0.15) is 18.1 Å². The minimum atomic E-state index is 0.333. The fraction of sp³-hybridized carbons (Fsp3) is 0.182. The summed E-state index contributed by atoms with van der Waals surface area (Å²) in [6.07, 6.45) is 3.97. The van der Waals surface area contributed by atoms with E-state index < -0.39 is 0 Å². The first-order valence-corrected chi connectivity index (χ1v) is 4.97. The zero-order valence-electron chi connectivity index (χ0n) is 7.37. The first-order valence-electron chi connectivity index (χ1n) is 4.05. The summed E-state index contributed by atoms with van der Waals surface area (Å²) in [5.41, 5.74) is 1.68. The van der Waals surface area contributed by atoms with Crippen molar-refractivity contribution in [2.24, 2.45) is 0 Å². The molecule has 13 heavy (non-hydrogen) atoms. The molecule has 1 aromatic rings. The number of hydrogen-bond donors (Lipinski definition) is 0. The van der Waals surface area contributed by atoms with Crippen LogP contribution in [0.5, 0.6) is 0 Å². The second-order valence-electron chi connectivity index (χ2n) is 2.74. The molecular weight excluding hydrogens is 226 g/mol. The van der Waals surface area contributed by atoms with Crippen molar-refractivity contribution < 1.29 is 0 Å². The van der Waals surface area contributed by atoms with Crippen LogP contribution in [0, 0.1) is 11.3 Å². The lowest BCUT2D eigenvalue weighted by Gasteiger charge is -1.96. The Morgan fingerprint density at radius 3 is 2.77 bits per heavy atom. The van der Waals surface area contributed by atoms with Crippen molar-refractivity contribution in [3.8, 4) is 6.07 Å². The van der Waals surface area contributed by atoms with E-state index in [1.807, 2.05) is 43.3 Å². The molecule has 1 nitrogen and oxygen atoms in total. The Bertz CT molecular complexity index is 347. The van der Waals surface area contributed by atoms with Gasteiger partial charge < -0.3 is 0 Å². The second-order valence-corrected chi connectivity index (χ2v) is 4.18. The number of nitriles is 1. The van der Waals surface area contributed by atoms with Crippen molar-refractivity contribution in [3.63, 3.8) is 0 Å². The Hall–Kier alpha value is -1.07. The van der Waals surface area contributed by atoms with Crippen LogP contribution < -0.4 is 0 Å². The van der Waals surface area contributed by atoms with Crippen LogP contribution in [0.2, 0.25) is 0 Å². The van der Waals surface area contributed by atoms with E-state index in [2.05, 4.69) is 22.0 Å². The van der Waals surface area contributed by atoms with Gasteiger partial charge in [-0.15, -0.1) is 0 Å². The summed E-state index contributed by atoms with van der Waals surface area (Å²) in [4.78, 5) is 0.333. The van der Waals surface area contributed by atoms with Crippen molar-refractivity contribution in [1.29, 1.82) is 5.26 Å². The number of nitrogens with zero attached hydrogens (tertiary/aromatic N) is 1. The molecule has 1 unspecified atom stereocenters. The van der Waals surface area contributed by atoms with Gasteiger partial charge in [0.15, 0.2) is 0 Å². The molecule has 0 N–H and O–H groups in total. The molecule has 1 rings (SSSR count). The first kappa shape index (κ1) is 10.0. The molecule has 0 saturated carbocycles. The number of hydrogen-bond acceptors (Lipinski definition) is 1. The van der Waals surface area contributed by atoms with Crippen molar-refractivity contribution in [3.05, 3.63) is 41.5 Å². The molecule has 0 aliphatic rings. The third-order valence-electron chi connectivity index (χ3n) is 1.62. The third-order valence-corrected chi connectivity index (χ3v) is 1.93. The average Bonchev–Trinajstić information content (AvgIpc) is 2.15. The van der Waals surface area contributed by atoms with E-state index in [1.165, 1.54) is 0 Å². The highest BCUT2D eigenvalue weighted by molar-refractivity contribution is 9.09. The Morgan fingerprint density at radius 2 is 2.15 bits per heavy atom. The second kappa shape index (κ2) is 4.84. The lowest BCUT2D eigenvalue weighted by molar-refractivity contribution is 1.28. The van der Waals surface area contributed by atoms with E-state index in [0.29, 0.717) is 10.4 Å². The van der Waals surface area contributed by atoms with Gasteiger partial charge in [-0.3, -0.25) is 0 Å². The van der Waals surface area contributed by atoms with Crippen LogP contribution >= 0.6 is 15.9 Å². The summed E-state index contributed by atoms with van der Waals surface area (Å²) in [5.74, 6) is 0. The monoisotopic (exact) mass is 235 g/mol. The van der Waals surface area contributed by atoms with Crippen LogP contribution in [0.15, 0.2) is 30.3 Å². The molecule has 0 spiro atoms. The van der Waals surface area contributed by atoms with E-state index in [0.717, 1.165) is 5.56 Å². The lowest BCUT2D eigenvalue weighted by Crippen LogP contribution is -1.83. The zero-order valence-corrected chi connectivity index (χ0v) is 8.95. The fourth-order valence-corrected chi connectivity index (χ4v) is 1.13. The summed E-state index contributed by atoms with van der Waals surface area (Å²) in [6.45, 7) is 2.03. The maximum atomic E-state index is 8.79. The third kappa shape index (κ3) is 3.04. The molecule has 2 heteroatoms. The predicted octanol–water partition coefficient (Wildman–Crippen LogP) is 3.35. The highest BCUT2D eigenvalue weighted by atomic mass is 79.9. The molecule has 0 heterocycles. The van der Waals surface area contributed by atoms with Crippen molar-refractivity contribution in [2.45, 2.75) is 11.8 Å². The van der Waals surface area contributed by atoms with Gasteiger partial charge in [0.25, 0.3) is 0 Å². The lowest BCUT2D eigenvalue weighted by atomic mass is 10.1. The predicted molar refractivity (Wildman–Crippen MR) is 58.6 cm³/mol. The number of rotatable bonds is 2. The van der Waals surface area contributed by atoms with Gasteiger partial charge >= 0.3 is 0 Å². The molecule has 0 bridgehead atoms. The van der Waals surface area contributed by atoms with Crippen molar-refractivity contribution >= 4 is 22.0 Å². The molecule has 1 atom stereocenters. The molecule has 0 radical (unpaired) electrons. The molecule has 1 aromatic carbocycles. The topological polar surface area (TPSA) is 23.8 Å². The van der Waals surface area contributed by atoms with Crippen molar-refractivity contribution in [1.82, 2.24) is 0 Å². The summed E-state index contributed by atoms with van der Waals surface area (Å²) < 4.78 is 0. The highest BCUT2D eigenvalue weighted by Gasteiger charge is 1.95. The van der Waals surface area contributed by atoms with Crippen LogP contribution in [-0.2, 0) is 0 Å². The smallest absolute Gasteiger partial charge is 0.0997 e. The first-order chi connectivity index (χ1) is 6.24. The van der Waals surface area contributed by atoms with E-state index in [-0.39, 0.29) is 0 Å². The van der Waals surface area contributed by atoms with Gasteiger partial charge in [-0.05, 0) is 18.6 Å². The maximum absolute atomic E-state index is 8.79. The molecule has 0 fully saturated rings. The van der Waals surface area contributed by atoms with Gasteiger partial charge in [0.1, 0.15) is 0 Å². The van der Waals surface area contributed by atoms with E-state index >= 15 is 0 Å². The van der Waals surface area contributed by atoms with Gasteiger partial charge in [0.05, 0.1) is 11.6 Å².